The molecule has 1 aliphatic heterocycles. The maximum atomic E-state index is 14.1. The highest BCUT2D eigenvalue weighted by Gasteiger charge is 2.37. The number of hydrogen-bond acceptors (Lipinski definition) is 5. The van der Waals surface area contributed by atoms with Crippen LogP contribution in [0.15, 0.2) is 54.6 Å². The maximum Gasteiger partial charge on any atom is 0.308 e. The summed E-state index contributed by atoms with van der Waals surface area (Å²) in [6.45, 7) is 9.86. The third-order valence-electron chi connectivity index (χ3n) is 7.38. The van der Waals surface area contributed by atoms with Crippen molar-refractivity contribution in [3.05, 3.63) is 71.8 Å². The smallest absolute Gasteiger partial charge is 0.308 e. The second-order valence-electron chi connectivity index (χ2n) is 11.3. The zero-order valence-electron chi connectivity index (χ0n) is 24.8. The lowest BCUT2D eigenvalue weighted by atomic mass is 9.92. The first-order valence-corrected chi connectivity index (χ1v) is 14.2. The molecule has 1 N–H and O–H groups in total. The van der Waals surface area contributed by atoms with Crippen molar-refractivity contribution in [3.63, 3.8) is 0 Å². The molecule has 0 spiro atoms. The molecule has 8 heteroatoms. The number of ether oxygens (including phenoxy) is 3. The normalized spacial score (nSPS) is 18.3. The van der Waals surface area contributed by atoms with Crippen LogP contribution in [0.1, 0.15) is 71.3 Å². The van der Waals surface area contributed by atoms with E-state index in [9.17, 15) is 14.0 Å². The monoisotopic (exact) mass is 564 g/mol. The van der Waals surface area contributed by atoms with Crippen LogP contribution in [-0.2, 0) is 36.8 Å². The quantitative estimate of drug-likeness (QED) is 0.281. The van der Waals surface area contributed by atoms with E-state index >= 15 is 0 Å². The average molecular weight is 565 g/mol. The van der Waals surface area contributed by atoms with E-state index in [1.165, 1.54) is 26.2 Å². The van der Waals surface area contributed by atoms with Crippen LogP contribution >= 0.6 is 0 Å². The summed E-state index contributed by atoms with van der Waals surface area (Å²) < 4.78 is 33.6. The van der Waals surface area contributed by atoms with E-state index in [2.05, 4.69) is 35.9 Å². The summed E-state index contributed by atoms with van der Waals surface area (Å²) in [7, 11) is 1.38. The minimum atomic E-state index is -0.840. The molecule has 1 saturated heterocycles. The van der Waals surface area contributed by atoms with Crippen LogP contribution in [0.3, 0.4) is 0 Å². The molecule has 1 aromatic heterocycles. The van der Waals surface area contributed by atoms with Crippen LogP contribution in [0.5, 0.6) is 0 Å². The molecule has 0 bridgehead atoms. The Morgan fingerprint density at radius 3 is 2.22 bits per heavy atom. The molecular formula is C33H41FN2O5. The molecule has 2 aromatic carbocycles. The molecule has 4 rings (SSSR count). The Bertz CT molecular complexity index is 1350. The van der Waals surface area contributed by atoms with E-state index in [1.807, 2.05) is 44.2 Å². The molecule has 0 unspecified atom stereocenters. The van der Waals surface area contributed by atoms with Gasteiger partial charge in [0.15, 0.2) is 5.79 Å². The van der Waals surface area contributed by atoms with E-state index in [-0.39, 0.29) is 42.4 Å². The Hall–Kier alpha value is -3.49. The van der Waals surface area contributed by atoms with Crippen molar-refractivity contribution in [2.24, 2.45) is 0 Å². The molecular weight excluding hydrogens is 523 g/mol. The number of hydrogen-bond donors (Lipinski definition) is 1. The molecule has 2 heterocycles. The second-order valence-corrected chi connectivity index (χ2v) is 11.3. The zero-order valence-corrected chi connectivity index (χ0v) is 24.8. The predicted molar refractivity (Wildman–Crippen MR) is 157 cm³/mol. The summed E-state index contributed by atoms with van der Waals surface area (Å²) >= 11 is 0. The standard InChI is InChI=1S/C33H41FN2O5/c1-21(2)36-28(17-16-26-18-27(19-30(38)39-6)41-33(4,5)40-26)31(24-12-14-25(34)15-13-24)32(23-10-8-7-9-11-23)29(36)20-35-22(3)37/h7-15,21,26-27H,16-20H2,1-6H3,(H,35,37)/t26-,27-/m1/s1. The van der Waals surface area contributed by atoms with E-state index in [0.29, 0.717) is 25.8 Å². The second kappa shape index (κ2) is 13.0. The van der Waals surface area contributed by atoms with Crippen molar-refractivity contribution < 1.29 is 28.2 Å². The highest BCUT2D eigenvalue weighted by atomic mass is 19.1. The number of nitrogens with one attached hydrogen (secondary N) is 1. The lowest BCUT2D eigenvalue weighted by molar-refractivity contribution is -0.300. The molecule has 2 atom stereocenters. The van der Waals surface area contributed by atoms with Crippen LogP contribution in [0.4, 0.5) is 4.39 Å². The SMILES string of the molecule is COC(=O)C[C@H]1C[C@@H](CCc2c(-c3ccc(F)cc3)c(-c3ccccc3)c(CNC(C)=O)n2C(C)C)OC(C)(C)O1. The number of nitrogens with zero attached hydrogens (tertiary/aromatic N) is 1. The van der Waals surface area contributed by atoms with E-state index in [0.717, 1.165) is 33.6 Å². The number of benzene rings is 2. The van der Waals surface area contributed by atoms with Gasteiger partial charge in [0.2, 0.25) is 5.91 Å². The van der Waals surface area contributed by atoms with Gasteiger partial charge < -0.3 is 24.1 Å². The van der Waals surface area contributed by atoms with Crippen LogP contribution in [0, 0.1) is 5.82 Å². The summed E-state index contributed by atoms with van der Waals surface area (Å²) in [6.07, 6.45) is 1.63. The Kier molecular flexibility index (Phi) is 9.66. The van der Waals surface area contributed by atoms with Gasteiger partial charge in [-0.05, 0) is 63.8 Å². The molecule has 1 aliphatic rings. The van der Waals surface area contributed by atoms with Gasteiger partial charge >= 0.3 is 5.97 Å². The van der Waals surface area contributed by atoms with Gasteiger partial charge in [-0.2, -0.15) is 0 Å². The van der Waals surface area contributed by atoms with Crippen molar-refractivity contribution in [2.75, 3.05) is 7.11 Å². The lowest BCUT2D eigenvalue weighted by Gasteiger charge is -2.40. The van der Waals surface area contributed by atoms with Crippen molar-refractivity contribution >= 4 is 11.9 Å². The Labute approximate surface area is 242 Å². The molecule has 7 nitrogen and oxygen atoms in total. The fraction of sp³-hybridized carbons (Fsp3) is 0.455. The third kappa shape index (κ3) is 7.43. The third-order valence-corrected chi connectivity index (χ3v) is 7.38. The lowest BCUT2D eigenvalue weighted by Crippen LogP contribution is -2.45. The number of methoxy groups -OCH3 is 1. The number of carbonyl (C=O) groups is 2. The topological polar surface area (TPSA) is 78.8 Å². The first-order chi connectivity index (χ1) is 19.5. The van der Waals surface area contributed by atoms with Crippen molar-refractivity contribution in [2.45, 2.75) is 90.9 Å². The molecule has 1 amide bonds. The number of rotatable bonds is 10. The first kappa shape index (κ1) is 30.5. The van der Waals surface area contributed by atoms with Crippen molar-refractivity contribution in [1.82, 2.24) is 9.88 Å². The minimum Gasteiger partial charge on any atom is -0.469 e. The molecule has 41 heavy (non-hydrogen) atoms. The first-order valence-electron chi connectivity index (χ1n) is 14.2. The highest BCUT2D eigenvalue weighted by Crippen LogP contribution is 2.43. The fourth-order valence-corrected chi connectivity index (χ4v) is 5.87. The van der Waals surface area contributed by atoms with Gasteiger partial charge in [0.25, 0.3) is 0 Å². The molecule has 1 fully saturated rings. The molecule has 0 radical (unpaired) electrons. The summed E-state index contributed by atoms with van der Waals surface area (Å²) in [4.78, 5) is 24.0. The predicted octanol–water partition coefficient (Wildman–Crippen LogP) is 6.58. The number of esters is 1. The average Bonchev–Trinajstić information content (AvgIpc) is 3.25. The van der Waals surface area contributed by atoms with Crippen LogP contribution in [-0.4, -0.2) is 41.5 Å². The Morgan fingerprint density at radius 1 is 1.00 bits per heavy atom. The fourth-order valence-electron chi connectivity index (χ4n) is 5.87. The van der Waals surface area contributed by atoms with Crippen LogP contribution in [0.25, 0.3) is 22.3 Å². The van der Waals surface area contributed by atoms with Crippen molar-refractivity contribution in [1.29, 1.82) is 0 Å². The summed E-state index contributed by atoms with van der Waals surface area (Å²) in [5, 5.41) is 3.01. The zero-order chi connectivity index (χ0) is 29.7. The number of amides is 1. The van der Waals surface area contributed by atoms with Gasteiger partial charge in [0.05, 0.1) is 32.3 Å². The highest BCUT2D eigenvalue weighted by molar-refractivity contribution is 5.88. The molecule has 0 aliphatic carbocycles. The van der Waals surface area contributed by atoms with Crippen molar-refractivity contribution in [3.8, 4) is 22.3 Å². The largest absolute Gasteiger partial charge is 0.469 e. The van der Waals surface area contributed by atoms with Gasteiger partial charge in [-0.1, -0.05) is 42.5 Å². The van der Waals surface area contributed by atoms with Crippen LogP contribution < -0.4 is 5.32 Å². The summed E-state index contributed by atoms with van der Waals surface area (Å²) in [5.41, 5.74) is 6.04. The van der Waals surface area contributed by atoms with Gasteiger partial charge in [-0.15, -0.1) is 0 Å². The molecule has 0 saturated carbocycles. The molecule has 220 valence electrons. The van der Waals surface area contributed by atoms with Gasteiger partial charge in [-0.3, -0.25) is 9.59 Å². The number of carbonyl (C=O) groups excluding carboxylic acids is 2. The maximum absolute atomic E-state index is 14.1. The molecule has 3 aromatic rings. The van der Waals surface area contributed by atoms with Gasteiger partial charge in [0, 0.05) is 41.9 Å². The van der Waals surface area contributed by atoms with Crippen LogP contribution in [0.2, 0.25) is 0 Å². The van der Waals surface area contributed by atoms with E-state index in [4.69, 9.17) is 14.2 Å². The summed E-state index contributed by atoms with van der Waals surface area (Å²) in [6, 6.07) is 16.8. The van der Waals surface area contributed by atoms with Gasteiger partial charge in [0.1, 0.15) is 5.82 Å². The number of aromatic nitrogens is 1. The Morgan fingerprint density at radius 2 is 1.61 bits per heavy atom. The Balaban J connectivity index is 1.82. The number of halogens is 1. The van der Waals surface area contributed by atoms with E-state index < -0.39 is 5.79 Å². The summed E-state index contributed by atoms with van der Waals surface area (Å²) in [5.74, 6) is -1.56. The minimum absolute atomic E-state index is 0.0875. The van der Waals surface area contributed by atoms with Gasteiger partial charge in [-0.25, -0.2) is 4.39 Å². The van der Waals surface area contributed by atoms with E-state index in [1.54, 1.807) is 0 Å².